The lowest BCUT2D eigenvalue weighted by Crippen LogP contribution is -2.36. The number of rotatable bonds is 6. The number of likely N-dealkylation sites (N-methyl/N-ethyl adjacent to an activating group) is 1. The van der Waals surface area contributed by atoms with Crippen molar-refractivity contribution in [1.29, 1.82) is 0 Å². The third-order valence-corrected chi connectivity index (χ3v) is 6.79. The number of carbonyl (C=O) groups is 3. The second-order valence-corrected chi connectivity index (χ2v) is 10.5. The fourth-order valence-corrected chi connectivity index (χ4v) is 4.73. The van der Waals surface area contributed by atoms with Gasteiger partial charge < -0.3 is 19.9 Å². The Morgan fingerprint density at radius 3 is 2.38 bits per heavy atom. The predicted octanol–water partition coefficient (Wildman–Crippen LogP) is 5.98. The van der Waals surface area contributed by atoms with Gasteiger partial charge >= 0.3 is 11.8 Å². The van der Waals surface area contributed by atoms with E-state index in [1.54, 1.807) is 35.2 Å². The molecule has 7 nitrogen and oxygen atoms in total. The van der Waals surface area contributed by atoms with E-state index < -0.39 is 17.6 Å². The van der Waals surface area contributed by atoms with Crippen molar-refractivity contribution in [2.45, 2.75) is 19.4 Å². The summed E-state index contributed by atoms with van der Waals surface area (Å²) in [7, 11) is 1.44. The molecule has 1 N–H and O–H groups in total. The number of ether oxygens (including phenoxy) is 1. The van der Waals surface area contributed by atoms with Crippen molar-refractivity contribution in [3.63, 3.8) is 0 Å². The van der Waals surface area contributed by atoms with Crippen LogP contribution in [0.15, 0.2) is 69.6 Å². The molecule has 0 saturated carbocycles. The van der Waals surface area contributed by atoms with E-state index in [4.69, 9.17) is 4.74 Å². The molecule has 0 atom stereocenters. The number of hydrogen-bond acceptors (Lipinski definition) is 4. The van der Waals surface area contributed by atoms with Crippen LogP contribution in [0.2, 0.25) is 0 Å². The first kappa shape index (κ1) is 26.8. The number of anilines is 1. The monoisotopic (exact) mass is 631 g/mol. The molecule has 4 rings (SSSR count). The lowest BCUT2D eigenvalue weighted by Gasteiger charge is -2.19. The fourth-order valence-electron chi connectivity index (χ4n) is 3.97. The number of halogens is 3. The molecular formula is C27H24Br2FN3O4. The zero-order valence-electron chi connectivity index (χ0n) is 20.0. The van der Waals surface area contributed by atoms with Gasteiger partial charge in [-0.15, -0.1) is 0 Å². The normalized spacial score (nSPS) is 12.8. The Labute approximate surface area is 230 Å². The Kier molecular flexibility index (Phi) is 8.60. The predicted molar refractivity (Wildman–Crippen MR) is 145 cm³/mol. The molecule has 0 radical (unpaired) electrons. The molecule has 1 aliphatic rings. The van der Waals surface area contributed by atoms with E-state index in [0.717, 1.165) is 17.3 Å². The lowest BCUT2D eigenvalue weighted by molar-refractivity contribution is -0.142. The molecular weight excluding hydrogens is 609 g/mol. The first-order valence-corrected chi connectivity index (χ1v) is 13.2. The number of carbonyl (C=O) groups excluding carboxylic acids is 3. The molecule has 1 aliphatic heterocycles. The largest absolute Gasteiger partial charge is 0.457 e. The summed E-state index contributed by atoms with van der Waals surface area (Å²) in [6, 6.07) is 16.0. The van der Waals surface area contributed by atoms with Gasteiger partial charge in [-0.25, -0.2) is 4.39 Å². The van der Waals surface area contributed by atoms with Gasteiger partial charge in [-0.2, -0.15) is 0 Å². The van der Waals surface area contributed by atoms with Crippen molar-refractivity contribution in [2.75, 3.05) is 25.5 Å². The summed E-state index contributed by atoms with van der Waals surface area (Å²) < 4.78 is 21.4. The highest BCUT2D eigenvalue weighted by Crippen LogP contribution is 2.28. The topological polar surface area (TPSA) is 79.0 Å². The van der Waals surface area contributed by atoms with Crippen LogP contribution in [0.25, 0.3) is 0 Å². The van der Waals surface area contributed by atoms with Crippen LogP contribution in [0.1, 0.15) is 28.8 Å². The maximum Gasteiger partial charge on any atom is 0.313 e. The molecule has 0 bridgehead atoms. The molecule has 192 valence electrons. The maximum absolute atomic E-state index is 14.0. The van der Waals surface area contributed by atoms with E-state index in [1.807, 2.05) is 12.1 Å². The first-order chi connectivity index (χ1) is 17.7. The molecule has 3 aromatic carbocycles. The van der Waals surface area contributed by atoms with Crippen molar-refractivity contribution >= 4 is 55.3 Å². The third kappa shape index (κ3) is 6.95. The first-order valence-electron chi connectivity index (χ1n) is 11.6. The van der Waals surface area contributed by atoms with E-state index >= 15 is 0 Å². The molecule has 0 aromatic heterocycles. The smallest absolute Gasteiger partial charge is 0.313 e. The molecule has 3 aromatic rings. The number of amides is 3. The quantitative estimate of drug-likeness (QED) is 0.339. The van der Waals surface area contributed by atoms with E-state index in [2.05, 4.69) is 37.2 Å². The van der Waals surface area contributed by atoms with Crippen molar-refractivity contribution in [3.8, 4) is 11.5 Å². The van der Waals surface area contributed by atoms with Crippen LogP contribution in [0.3, 0.4) is 0 Å². The summed E-state index contributed by atoms with van der Waals surface area (Å²) in [5.74, 6) is -1.43. The zero-order valence-corrected chi connectivity index (χ0v) is 23.1. The SMILES string of the molecule is CN(Cc1cc(F)ccc1Oc1ccc(Br)cc1)C(=O)C(=O)Nc1cc(Br)cc(C(=O)N2CCCC2)c1. The molecule has 1 saturated heterocycles. The molecule has 1 fully saturated rings. The van der Waals surface area contributed by atoms with E-state index in [1.165, 1.54) is 30.1 Å². The van der Waals surface area contributed by atoms with Gasteiger partial charge in [-0.1, -0.05) is 31.9 Å². The van der Waals surface area contributed by atoms with Crippen LogP contribution in [-0.4, -0.2) is 47.7 Å². The van der Waals surface area contributed by atoms with Gasteiger partial charge in [0.25, 0.3) is 5.91 Å². The Balaban J connectivity index is 1.45. The Morgan fingerprint density at radius 1 is 0.973 bits per heavy atom. The lowest BCUT2D eigenvalue weighted by atomic mass is 10.1. The standard InChI is InChI=1S/C27H24Br2FN3O4/c1-32(16-18-13-21(30)6-9-24(18)37-23-7-4-19(28)5-8-23)27(36)25(34)31-22-14-17(12-20(29)15-22)26(35)33-10-2-3-11-33/h4-9,12-15H,2-3,10-11,16H2,1H3,(H,31,34). The van der Waals surface area contributed by atoms with Crippen molar-refractivity contribution < 1.29 is 23.5 Å². The summed E-state index contributed by atoms with van der Waals surface area (Å²) in [4.78, 5) is 41.3. The van der Waals surface area contributed by atoms with Crippen molar-refractivity contribution in [1.82, 2.24) is 9.80 Å². The minimum absolute atomic E-state index is 0.0624. The second-order valence-electron chi connectivity index (χ2n) is 8.65. The zero-order chi connectivity index (χ0) is 26.5. The average molecular weight is 633 g/mol. The maximum atomic E-state index is 14.0. The number of nitrogens with zero attached hydrogens (tertiary/aromatic N) is 2. The van der Waals surface area contributed by atoms with Gasteiger partial charge in [-0.3, -0.25) is 14.4 Å². The number of benzene rings is 3. The van der Waals surface area contributed by atoms with Crippen LogP contribution in [0, 0.1) is 5.82 Å². The molecule has 0 aliphatic carbocycles. The van der Waals surface area contributed by atoms with Gasteiger partial charge in [-0.05, 0) is 73.5 Å². The minimum Gasteiger partial charge on any atom is -0.457 e. The van der Waals surface area contributed by atoms with Crippen LogP contribution in [0.5, 0.6) is 11.5 Å². The van der Waals surface area contributed by atoms with Crippen LogP contribution in [-0.2, 0) is 16.1 Å². The van der Waals surface area contributed by atoms with Gasteiger partial charge in [0, 0.05) is 52.4 Å². The van der Waals surface area contributed by atoms with Gasteiger partial charge in [0.2, 0.25) is 0 Å². The fraction of sp³-hybridized carbons (Fsp3) is 0.222. The highest BCUT2D eigenvalue weighted by molar-refractivity contribution is 9.10. The Hall–Kier alpha value is -3.24. The summed E-state index contributed by atoms with van der Waals surface area (Å²) >= 11 is 6.73. The van der Waals surface area contributed by atoms with Crippen LogP contribution in [0.4, 0.5) is 10.1 Å². The number of nitrogens with one attached hydrogen (secondary N) is 1. The Morgan fingerprint density at radius 2 is 1.68 bits per heavy atom. The summed E-state index contributed by atoms with van der Waals surface area (Å²) in [5.41, 5.74) is 1.13. The molecule has 1 heterocycles. The highest BCUT2D eigenvalue weighted by atomic mass is 79.9. The Bertz CT molecular complexity index is 1330. The average Bonchev–Trinajstić information content (AvgIpc) is 3.40. The second kappa shape index (κ2) is 11.9. The summed E-state index contributed by atoms with van der Waals surface area (Å²) in [6.07, 6.45) is 1.93. The van der Waals surface area contributed by atoms with Crippen LogP contribution >= 0.6 is 31.9 Å². The molecule has 3 amide bonds. The van der Waals surface area contributed by atoms with Crippen molar-refractivity contribution in [3.05, 3.63) is 86.6 Å². The van der Waals surface area contributed by atoms with E-state index in [9.17, 15) is 18.8 Å². The minimum atomic E-state index is -0.882. The molecule has 37 heavy (non-hydrogen) atoms. The molecule has 10 heteroatoms. The molecule has 0 spiro atoms. The van der Waals surface area contributed by atoms with E-state index in [0.29, 0.717) is 45.9 Å². The summed E-state index contributed by atoms with van der Waals surface area (Å²) in [5, 5.41) is 2.57. The van der Waals surface area contributed by atoms with Gasteiger partial charge in [0.15, 0.2) is 0 Å². The van der Waals surface area contributed by atoms with Gasteiger partial charge in [0.05, 0.1) is 0 Å². The molecule has 0 unspecified atom stereocenters. The van der Waals surface area contributed by atoms with Crippen molar-refractivity contribution in [2.24, 2.45) is 0 Å². The van der Waals surface area contributed by atoms with Gasteiger partial charge in [0.1, 0.15) is 17.3 Å². The highest BCUT2D eigenvalue weighted by Gasteiger charge is 2.23. The number of hydrogen-bond donors (Lipinski definition) is 1. The van der Waals surface area contributed by atoms with E-state index in [-0.39, 0.29) is 12.5 Å². The summed E-state index contributed by atoms with van der Waals surface area (Å²) in [6.45, 7) is 1.33. The van der Waals surface area contributed by atoms with Crippen LogP contribution < -0.4 is 10.1 Å². The third-order valence-electron chi connectivity index (χ3n) is 5.81. The number of likely N-dealkylation sites (tertiary alicyclic amines) is 1.